The molecule has 0 aliphatic rings. The average Bonchev–Trinajstić information content (AvgIpc) is 2.56. The molecule has 0 atom stereocenters. The van der Waals surface area contributed by atoms with Crippen molar-refractivity contribution in [2.45, 2.75) is 13.3 Å². The first-order valence-corrected chi connectivity index (χ1v) is 8.25. The van der Waals surface area contributed by atoms with Crippen molar-refractivity contribution < 1.29 is 13.9 Å². The van der Waals surface area contributed by atoms with Crippen LogP contribution in [-0.4, -0.2) is 35.5 Å². The van der Waals surface area contributed by atoms with Gasteiger partial charge in [-0.3, -0.25) is 9.78 Å². The number of benzene rings is 1. The van der Waals surface area contributed by atoms with Gasteiger partial charge in [0.15, 0.2) is 5.75 Å². The summed E-state index contributed by atoms with van der Waals surface area (Å²) in [5.74, 6) is -0.453. The van der Waals surface area contributed by atoms with Gasteiger partial charge in [0, 0.05) is 12.7 Å². The molecule has 2 rings (SSSR count). The molecular formula is C17H17Cl2FN2O2. The Hall–Kier alpha value is -1.85. The summed E-state index contributed by atoms with van der Waals surface area (Å²) in [5.41, 5.74) is 0.208. The van der Waals surface area contributed by atoms with E-state index in [0.29, 0.717) is 28.9 Å². The molecule has 0 spiro atoms. The van der Waals surface area contributed by atoms with E-state index in [1.165, 1.54) is 12.3 Å². The first-order chi connectivity index (χ1) is 11.5. The van der Waals surface area contributed by atoms with Crippen molar-refractivity contribution in [1.29, 1.82) is 0 Å². The Bertz CT molecular complexity index is 692. The summed E-state index contributed by atoms with van der Waals surface area (Å²) in [6, 6.07) is 6.25. The van der Waals surface area contributed by atoms with E-state index >= 15 is 0 Å². The maximum atomic E-state index is 13.3. The summed E-state index contributed by atoms with van der Waals surface area (Å²) in [7, 11) is 0. The Morgan fingerprint density at radius 3 is 2.58 bits per heavy atom. The van der Waals surface area contributed by atoms with Crippen LogP contribution in [0.25, 0.3) is 0 Å². The first-order valence-electron chi connectivity index (χ1n) is 7.49. The van der Waals surface area contributed by atoms with Gasteiger partial charge in [0.1, 0.15) is 12.4 Å². The number of carbonyl (C=O) groups excluding carboxylic acids is 1. The third kappa shape index (κ3) is 4.82. The molecule has 0 saturated heterocycles. The number of nitrogens with zero attached hydrogens (tertiary/aromatic N) is 2. The molecule has 0 N–H and O–H groups in total. The highest BCUT2D eigenvalue weighted by Gasteiger charge is 2.16. The van der Waals surface area contributed by atoms with Gasteiger partial charge in [-0.2, -0.15) is 0 Å². The fourth-order valence-electron chi connectivity index (χ4n) is 2.17. The number of carbonyl (C=O) groups is 1. The number of halogens is 3. The summed E-state index contributed by atoms with van der Waals surface area (Å²) >= 11 is 12.1. The summed E-state index contributed by atoms with van der Waals surface area (Å²) in [6.45, 7) is 3.02. The summed E-state index contributed by atoms with van der Waals surface area (Å²) < 4.78 is 18.9. The molecule has 7 heteroatoms. The van der Waals surface area contributed by atoms with Crippen LogP contribution in [-0.2, 0) is 0 Å². The van der Waals surface area contributed by atoms with Gasteiger partial charge in [-0.25, -0.2) is 4.39 Å². The third-order valence-corrected chi connectivity index (χ3v) is 3.85. The van der Waals surface area contributed by atoms with E-state index in [2.05, 4.69) is 4.98 Å². The predicted molar refractivity (Wildman–Crippen MR) is 92.3 cm³/mol. The first kappa shape index (κ1) is 18.5. The van der Waals surface area contributed by atoms with Crippen molar-refractivity contribution in [1.82, 2.24) is 9.88 Å². The van der Waals surface area contributed by atoms with Gasteiger partial charge >= 0.3 is 0 Å². The number of aromatic nitrogens is 1. The van der Waals surface area contributed by atoms with Crippen molar-refractivity contribution >= 4 is 29.1 Å². The van der Waals surface area contributed by atoms with E-state index in [1.54, 1.807) is 23.1 Å². The molecule has 1 heterocycles. The SMILES string of the molecule is CCCN(CCOc1c(Cl)cccc1Cl)C(=O)c1cncc(F)c1. The van der Waals surface area contributed by atoms with Gasteiger partial charge in [-0.15, -0.1) is 0 Å². The Balaban J connectivity index is 2.02. The second-order valence-electron chi connectivity index (χ2n) is 5.08. The monoisotopic (exact) mass is 370 g/mol. The number of ether oxygens (including phenoxy) is 1. The van der Waals surface area contributed by atoms with Gasteiger partial charge in [0.05, 0.1) is 28.4 Å². The number of para-hydroxylation sites is 1. The van der Waals surface area contributed by atoms with E-state index in [0.717, 1.165) is 12.6 Å². The lowest BCUT2D eigenvalue weighted by atomic mass is 10.2. The van der Waals surface area contributed by atoms with Crippen molar-refractivity contribution in [2.24, 2.45) is 0 Å². The molecule has 0 aliphatic heterocycles. The molecular weight excluding hydrogens is 354 g/mol. The standard InChI is InChI=1S/C17H17Cl2FN2O2/c1-2-6-22(17(23)12-9-13(20)11-21-10-12)7-8-24-16-14(18)4-3-5-15(16)19/h3-5,9-11H,2,6-8H2,1H3. The van der Waals surface area contributed by atoms with Gasteiger partial charge in [-0.1, -0.05) is 36.2 Å². The van der Waals surface area contributed by atoms with Crippen LogP contribution in [0.2, 0.25) is 10.0 Å². The Morgan fingerprint density at radius 1 is 1.25 bits per heavy atom. The van der Waals surface area contributed by atoms with Crippen LogP contribution in [0.1, 0.15) is 23.7 Å². The number of pyridine rings is 1. The summed E-state index contributed by atoms with van der Waals surface area (Å²) in [5, 5.41) is 0.815. The van der Waals surface area contributed by atoms with Gasteiger partial charge in [0.2, 0.25) is 0 Å². The molecule has 1 aromatic carbocycles. The van der Waals surface area contributed by atoms with E-state index in [9.17, 15) is 9.18 Å². The molecule has 0 fully saturated rings. The van der Waals surface area contributed by atoms with Crippen LogP contribution in [0.15, 0.2) is 36.7 Å². The molecule has 1 amide bonds. The summed E-state index contributed by atoms with van der Waals surface area (Å²) in [4.78, 5) is 17.8. The second kappa shape index (κ2) is 8.85. The number of hydrogen-bond donors (Lipinski definition) is 0. The number of hydrogen-bond acceptors (Lipinski definition) is 3. The van der Waals surface area contributed by atoms with Crippen molar-refractivity contribution in [2.75, 3.05) is 19.7 Å². The molecule has 0 aliphatic carbocycles. The lowest BCUT2D eigenvalue weighted by Crippen LogP contribution is -2.35. The van der Waals surface area contributed by atoms with Crippen molar-refractivity contribution in [3.05, 3.63) is 58.1 Å². The van der Waals surface area contributed by atoms with Crippen molar-refractivity contribution in [3.8, 4) is 5.75 Å². The van der Waals surface area contributed by atoms with E-state index in [-0.39, 0.29) is 18.1 Å². The highest BCUT2D eigenvalue weighted by molar-refractivity contribution is 6.37. The average molecular weight is 371 g/mol. The Morgan fingerprint density at radius 2 is 1.96 bits per heavy atom. The quantitative estimate of drug-likeness (QED) is 0.722. The highest BCUT2D eigenvalue weighted by Crippen LogP contribution is 2.32. The van der Waals surface area contributed by atoms with Crippen LogP contribution in [0.5, 0.6) is 5.75 Å². The molecule has 0 unspecified atom stereocenters. The molecule has 0 radical (unpaired) electrons. The topological polar surface area (TPSA) is 42.4 Å². The molecule has 1 aromatic heterocycles. The maximum Gasteiger partial charge on any atom is 0.255 e. The molecule has 4 nitrogen and oxygen atoms in total. The van der Waals surface area contributed by atoms with E-state index < -0.39 is 5.82 Å². The normalized spacial score (nSPS) is 10.5. The Labute approximate surface area is 150 Å². The fraction of sp³-hybridized carbons (Fsp3) is 0.294. The third-order valence-electron chi connectivity index (χ3n) is 3.26. The lowest BCUT2D eigenvalue weighted by Gasteiger charge is -2.22. The van der Waals surface area contributed by atoms with Crippen LogP contribution in [0.3, 0.4) is 0 Å². The van der Waals surface area contributed by atoms with Crippen LogP contribution < -0.4 is 4.74 Å². The summed E-state index contributed by atoms with van der Waals surface area (Å²) in [6.07, 6.45) is 3.17. The zero-order chi connectivity index (χ0) is 17.5. The zero-order valence-electron chi connectivity index (χ0n) is 13.1. The predicted octanol–water partition coefficient (Wildman–Crippen LogP) is 4.46. The number of amides is 1. The minimum atomic E-state index is -0.545. The Kier molecular flexibility index (Phi) is 6.82. The molecule has 24 heavy (non-hydrogen) atoms. The maximum absolute atomic E-state index is 13.3. The van der Waals surface area contributed by atoms with E-state index in [4.69, 9.17) is 27.9 Å². The molecule has 128 valence electrons. The van der Waals surface area contributed by atoms with Gasteiger partial charge < -0.3 is 9.64 Å². The molecule has 0 bridgehead atoms. The minimum Gasteiger partial charge on any atom is -0.489 e. The largest absolute Gasteiger partial charge is 0.489 e. The van der Waals surface area contributed by atoms with Crippen LogP contribution in [0, 0.1) is 5.82 Å². The smallest absolute Gasteiger partial charge is 0.255 e. The van der Waals surface area contributed by atoms with Gasteiger partial charge in [0.25, 0.3) is 5.91 Å². The number of rotatable bonds is 7. The fourth-order valence-corrected chi connectivity index (χ4v) is 2.68. The second-order valence-corrected chi connectivity index (χ2v) is 5.90. The van der Waals surface area contributed by atoms with Gasteiger partial charge in [-0.05, 0) is 24.6 Å². The lowest BCUT2D eigenvalue weighted by molar-refractivity contribution is 0.0729. The van der Waals surface area contributed by atoms with E-state index in [1.807, 2.05) is 6.92 Å². The van der Waals surface area contributed by atoms with Crippen LogP contribution >= 0.6 is 23.2 Å². The zero-order valence-corrected chi connectivity index (χ0v) is 14.6. The van der Waals surface area contributed by atoms with Crippen molar-refractivity contribution in [3.63, 3.8) is 0 Å². The molecule has 0 saturated carbocycles. The van der Waals surface area contributed by atoms with Crippen LogP contribution in [0.4, 0.5) is 4.39 Å². The highest BCUT2D eigenvalue weighted by atomic mass is 35.5. The molecule has 2 aromatic rings. The minimum absolute atomic E-state index is 0.208.